The van der Waals surface area contributed by atoms with Gasteiger partial charge in [0.15, 0.2) is 0 Å². The van der Waals surface area contributed by atoms with E-state index in [0.29, 0.717) is 6.41 Å². The van der Waals surface area contributed by atoms with Crippen LogP contribution >= 0.6 is 21.8 Å². The van der Waals surface area contributed by atoms with Crippen molar-refractivity contribution < 1.29 is 4.79 Å². The predicted molar refractivity (Wildman–Crippen MR) is 27.3 cm³/mol. The number of amides is 1. The van der Waals surface area contributed by atoms with Gasteiger partial charge in [0, 0.05) is 7.05 Å². The van der Waals surface area contributed by atoms with Gasteiger partial charge in [-0.3, -0.25) is 9.10 Å². The third kappa shape index (κ3) is 2.35. The summed E-state index contributed by atoms with van der Waals surface area (Å²) in [5, 5.41) is 0. The minimum absolute atomic E-state index is 0.637. The van der Waals surface area contributed by atoms with E-state index in [0.717, 1.165) is 11.2 Å². The lowest BCUT2D eigenvalue weighted by molar-refractivity contribution is -0.113. The summed E-state index contributed by atoms with van der Waals surface area (Å²) >= 11 is 0.862. The lowest BCUT2D eigenvalue weighted by atomic mass is 11.2. The van der Waals surface area contributed by atoms with Crippen molar-refractivity contribution >= 4 is 28.3 Å². The van der Waals surface area contributed by atoms with Crippen molar-refractivity contribution in [1.29, 1.82) is 0 Å². The maximum atomic E-state index is 9.56. The Bertz CT molecular complexity index is 50.8. The molecule has 0 aromatic carbocycles. The number of hydrogen-bond acceptors (Lipinski definition) is 2. The summed E-state index contributed by atoms with van der Waals surface area (Å²) in [5.74, 6) is 0. The van der Waals surface area contributed by atoms with Crippen LogP contribution in [0.2, 0.25) is 0 Å². The molecule has 0 saturated heterocycles. The summed E-state index contributed by atoms with van der Waals surface area (Å²) in [6, 6.07) is 0. The van der Waals surface area contributed by atoms with Gasteiger partial charge in [-0.1, -0.05) is 0 Å². The first kappa shape index (κ1) is 6.11. The Balaban J connectivity index is 2.96. The van der Waals surface area contributed by atoms with E-state index in [-0.39, 0.29) is 0 Å². The topological polar surface area (TPSA) is 20.3 Å². The number of nitrogens with zero attached hydrogens (tertiary/aromatic N) is 1. The van der Waals surface area contributed by atoms with Crippen LogP contribution in [0.1, 0.15) is 0 Å². The fraction of sp³-hybridized carbons (Fsp3) is 0.500. The molecular formula is C2H4ClNOS. The molecule has 0 aromatic heterocycles. The molecule has 36 valence electrons. The average molecular weight is 126 g/mol. The molecule has 0 rings (SSSR count). The van der Waals surface area contributed by atoms with Crippen molar-refractivity contribution in [2.24, 2.45) is 0 Å². The van der Waals surface area contributed by atoms with Gasteiger partial charge < -0.3 is 0 Å². The van der Waals surface area contributed by atoms with E-state index in [4.69, 9.17) is 10.7 Å². The van der Waals surface area contributed by atoms with Crippen LogP contribution < -0.4 is 0 Å². The standard InChI is InChI=1S/C2H4ClNOS/c1-4(2-5)6-3/h2H,1H3. The van der Waals surface area contributed by atoms with E-state index in [2.05, 4.69) is 0 Å². The van der Waals surface area contributed by atoms with Crippen molar-refractivity contribution in [2.75, 3.05) is 7.05 Å². The molecule has 0 radical (unpaired) electrons. The van der Waals surface area contributed by atoms with Crippen LogP contribution in [0.3, 0.4) is 0 Å². The molecule has 0 N–H and O–H groups in total. The van der Waals surface area contributed by atoms with Crippen LogP contribution in [0.5, 0.6) is 0 Å². The Labute approximate surface area is 45.1 Å². The van der Waals surface area contributed by atoms with Gasteiger partial charge in [-0.2, -0.15) is 0 Å². The summed E-state index contributed by atoms with van der Waals surface area (Å²) in [7, 11) is 6.64. The smallest absolute Gasteiger partial charge is 0.220 e. The highest BCUT2D eigenvalue weighted by Crippen LogP contribution is 2.06. The van der Waals surface area contributed by atoms with Gasteiger partial charge in [0.2, 0.25) is 6.41 Å². The molecule has 0 unspecified atom stereocenters. The van der Waals surface area contributed by atoms with E-state index in [1.807, 2.05) is 0 Å². The predicted octanol–water partition coefficient (Wildman–Crippen LogP) is 0.877. The molecule has 6 heavy (non-hydrogen) atoms. The normalized spacial score (nSPS) is 7.67. The molecule has 2 nitrogen and oxygen atoms in total. The minimum Gasteiger partial charge on any atom is -0.279 e. The Morgan fingerprint density at radius 1 is 2.00 bits per heavy atom. The summed E-state index contributed by atoms with van der Waals surface area (Å²) in [4.78, 5) is 9.56. The second-order valence-electron chi connectivity index (χ2n) is 0.721. The van der Waals surface area contributed by atoms with Crippen molar-refractivity contribution in [3.05, 3.63) is 0 Å². The molecule has 1 amide bonds. The van der Waals surface area contributed by atoms with E-state index >= 15 is 0 Å². The second-order valence-corrected chi connectivity index (χ2v) is 1.85. The van der Waals surface area contributed by atoms with Crippen LogP contribution in [0.15, 0.2) is 0 Å². The molecule has 0 aliphatic rings. The number of carbonyl (C=O) groups excluding carboxylic acids is 1. The molecule has 0 spiro atoms. The number of halogens is 1. The highest BCUT2D eigenvalue weighted by atomic mass is 35.7. The Morgan fingerprint density at radius 3 is 2.50 bits per heavy atom. The Morgan fingerprint density at radius 2 is 2.50 bits per heavy atom. The molecule has 0 aromatic rings. The fourth-order valence-corrected chi connectivity index (χ4v) is 0.146. The summed E-state index contributed by atoms with van der Waals surface area (Å²) in [6.45, 7) is 0. The zero-order chi connectivity index (χ0) is 4.99. The van der Waals surface area contributed by atoms with Crippen LogP contribution in [-0.2, 0) is 4.79 Å². The molecule has 0 atom stereocenters. The van der Waals surface area contributed by atoms with Crippen LogP contribution in [0.25, 0.3) is 0 Å². The largest absolute Gasteiger partial charge is 0.279 e. The van der Waals surface area contributed by atoms with Gasteiger partial charge in [0.25, 0.3) is 0 Å². The molecule has 0 aliphatic heterocycles. The molecule has 0 aliphatic carbocycles. The lowest BCUT2D eigenvalue weighted by Gasteiger charge is -1.97. The number of hydrogen-bond donors (Lipinski definition) is 0. The SMILES string of the molecule is CN(C=O)SCl. The summed E-state index contributed by atoms with van der Waals surface area (Å²) in [6.07, 6.45) is 0.637. The molecule has 0 bridgehead atoms. The maximum Gasteiger partial charge on any atom is 0.220 e. The summed E-state index contributed by atoms with van der Waals surface area (Å²) in [5.41, 5.74) is 0. The third-order valence-electron chi connectivity index (χ3n) is 0.257. The Hall–Kier alpha value is 0.110. The van der Waals surface area contributed by atoms with Gasteiger partial charge in [-0.25, -0.2) is 0 Å². The van der Waals surface area contributed by atoms with Gasteiger partial charge in [-0.15, -0.1) is 0 Å². The number of carbonyl (C=O) groups is 1. The monoisotopic (exact) mass is 125 g/mol. The van der Waals surface area contributed by atoms with E-state index in [1.54, 1.807) is 7.05 Å². The maximum absolute atomic E-state index is 9.56. The van der Waals surface area contributed by atoms with Crippen molar-refractivity contribution in [3.63, 3.8) is 0 Å². The zero-order valence-corrected chi connectivity index (χ0v) is 4.79. The first-order valence-electron chi connectivity index (χ1n) is 1.28. The third-order valence-corrected chi connectivity index (χ3v) is 1.21. The van der Waals surface area contributed by atoms with Gasteiger partial charge >= 0.3 is 0 Å². The minimum atomic E-state index is 0.637. The summed E-state index contributed by atoms with van der Waals surface area (Å²) < 4.78 is 1.25. The van der Waals surface area contributed by atoms with Gasteiger partial charge in [0.05, 0.1) is 11.2 Å². The van der Waals surface area contributed by atoms with Crippen LogP contribution in [0.4, 0.5) is 0 Å². The van der Waals surface area contributed by atoms with E-state index < -0.39 is 0 Å². The van der Waals surface area contributed by atoms with Crippen molar-refractivity contribution in [3.8, 4) is 0 Å². The Kier molecular flexibility index (Phi) is 3.37. The van der Waals surface area contributed by atoms with E-state index in [9.17, 15) is 4.79 Å². The lowest BCUT2D eigenvalue weighted by Crippen LogP contribution is -2.00. The average Bonchev–Trinajstić information content (AvgIpc) is 1.65. The number of rotatable bonds is 2. The van der Waals surface area contributed by atoms with E-state index in [1.165, 1.54) is 4.31 Å². The molecule has 0 heterocycles. The van der Waals surface area contributed by atoms with Crippen LogP contribution in [-0.4, -0.2) is 17.8 Å². The molecule has 0 saturated carbocycles. The van der Waals surface area contributed by atoms with Crippen LogP contribution in [0, 0.1) is 0 Å². The van der Waals surface area contributed by atoms with Gasteiger partial charge in [-0.05, 0) is 10.7 Å². The molecule has 4 heteroatoms. The quantitative estimate of drug-likeness (QED) is 0.403. The molecular weight excluding hydrogens is 122 g/mol. The van der Waals surface area contributed by atoms with Gasteiger partial charge in [0.1, 0.15) is 0 Å². The first-order valence-corrected chi connectivity index (χ1v) is 2.88. The highest BCUT2D eigenvalue weighted by molar-refractivity contribution is 8.19. The van der Waals surface area contributed by atoms with Crippen molar-refractivity contribution in [2.45, 2.75) is 0 Å². The first-order chi connectivity index (χ1) is 2.81. The van der Waals surface area contributed by atoms with Crippen molar-refractivity contribution in [1.82, 2.24) is 4.31 Å². The molecule has 0 fully saturated rings. The second kappa shape index (κ2) is 3.31. The zero-order valence-electron chi connectivity index (χ0n) is 3.22. The fourth-order valence-electron chi connectivity index (χ4n) is 0.0163. The highest BCUT2D eigenvalue weighted by Gasteiger charge is 1.83.